The van der Waals surface area contributed by atoms with Crippen molar-refractivity contribution < 1.29 is 8.42 Å². The molecule has 18 heavy (non-hydrogen) atoms. The van der Waals surface area contributed by atoms with Gasteiger partial charge in [-0.05, 0) is 25.5 Å². The fraction of sp³-hybridized carbons (Fsp3) is 0.727. The van der Waals surface area contributed by atoms with Gasteiger partial charge in [0.25, 0.3) is 0 Å². The number of nitrogens with one attached hydrogen (secondary N) is 2. The third-order valence-corrected chi connectivity index (χ3v) is 3.81. The Hall–Kier alpha value is -0.920. The van der Waals surface area contributed by atoms with Crippen LogP contribution in [0.5, 0.6) is 0 Å². The Kier molecular flexibility index (Phi) is 6.92. The molecule has 0 unspecified atom stereocenters. The number of hydrogen-bond donors (Lipinski definition) is 2. The Bertz CT molecular complexity index is 403. The van der Waals surface area contributed by atoms with E-state index in [1.165, 1.54) is 0 Å². The number of aryl methyl sites for hydroxylation is 1. The fourth-order valence-corrected chi connectivity index (χ4v) is 2.49. The predicted octanol–water partition coefficient (Wildman–Crippen LogP) is 0.192. The minimum absolute atomic E-state index is 0.134. The monoisotopic (exact) mass is 274 g/mol. The van der Waals surface area contributed by atoms with Gasteiger partial charge in [-0.15, -0.1) is 0 Å². The van der Waals surface area contributed by atoms with Gasteiger partial charge >= 0.3 is 0 Å². The second-order valence-corrected chi connectivity index (χ2v) is 6.01. The molecule has 0 amide bonds. The molecule has 2 N–H and O–H groups in total. The topological polar surface area (TPSA) is 76.0 Å². The standard InChI is InChI=1S/C11H22N4O2S/c1-2-5-12-8-11-18(16,17)14-7-4-10-15-9-3-6-13-15/h3,6,9,12,14H,2,4-5,7-8,10-11H2,1H3. The van der Waals surface area contributed by atoms with Crippen LogP contribution in [0.15, 0.2) is 18.5 Å². The van der Waals surface area contributed by atoms with Crippen LogP contribution in [-0.4, -0.2) is 43.6 Å². The predicted molar refractivity (Wildman–Crippen MR) is 71.8 cm³/mol. The van der Waals surface area contributed by atoms with E-state index in [1.54, 1.807) is 10.9 Å². The molecule has 0 aromatic carbocycles. The first-order valence-electron chi connectivity index (χ1n) is 6.29. The van der Waals surface area contributed by atoms with Gasteiger partial charge in [-0.25, -0.2) is 13.1 Å². The lowest BCUT2D eigenvalue weighted by Crippen LogP contribution is -2.33. The number of rotatable bonds is 10. The first-order chi connectivity index (χ1) is 8.64. The van der Waals surface area contributed by atoms with Crippen LogP contribution < -0.4 is 10.0 Å². The van der Waals surface area contributed by atoms with Crippen molar-refractivity contribution in [3.63, 3.8) is 0 Å². The molecule has 0 radical (unpaired) electrons. The lowest BCUT2D eigenvalue weighted by molar-refractivity contribution is 0.550. The number of hydrogen-bond acceptors (Lipinski definition) is 4. The minimum atomic E-state index is -3.15. The highest BCUT2D eigenvalue weighted by molar-refractivity contribution is 7.89. The molecule has 0 spiro atoms. The molecule has 0 saturated carbocycles. The molecule has 0 aliphatic rings. The zero-order valence-electron chi connectivity index (χ0n) is 10.8. The van der Waals surface area contributed by atoms with E-state index in [1.807, 2.05) is 12.3 Å². The van der Waals surface area contributed by atoms with Crippen LogP contribution in [-0.2, 0) is 16.6 Å². The van der Waals surface area contributed by atoms with Gasteiger partial charge in [-0.2, -0.15) is 5.10 Å². The quantitative estimate of drug-likeness (QED) is 0.597. The van der Waals surface area contributed by atoms with E-state index in [0.29, 0.717) is 13.1 Å². The van der Waals surface area contributed by atoms with Crippen molar-refractivity contribution in [2.75, 3.05) is 25.4 Å². The minimum Gasteiger partial charge on any atom is -0.316 e. The summed E-state index contributed by atoms with van der Waals surface area (Å²) in [5.74, 6) is 0.134. The SMILES string of the molecule is CCCNCCS(=O)(=O)NCCCn1cccn1. The van der Waals surface area contributed by atoms with Crippen molar-refractivity contribution in [2.45, 2.75) is 26.3 Å². The Labute approximate surface area is 109 Å². The molecule has 1 aromatic rings. The third-order valence-electron chi connectivity index (χ3n) is 2.42. The fourth-order valence-electron chi connectivity index (χ4n) is 1.48. The van der Waals surface area contributed by atoms with Gasteiger partial charge in [0.15, 0.2) is 0 Å². The zero-order chi connectivity index (χ0) is 13.3. The second kappa shape index (κ2) is 8.23. The van der Waals surface area contributed by atoms with Crippen molar-refractivity contribution in [3.8, 4) is 0 Å². The van der Waals surface area contributed by atoms with Crippen molar-refractivity contribution in [1.29, 1.82) is 0 Å². The maximum atomic E-state index is 11.6. The van der Waals surface area contributed by atoms with Crippen molar-refractivity contribution in [2.24, 2.45) is 0 Å². The Morgan fingerprint density at radius 1 is 1.28 bits per heavy atom. The third kappa shape index (κ3) is 6.73. The molecule has 0 bridgehead atoms. The average Bonchev–Trinajstić information content (AvgIpc) is 2.83. The highest BCUT2D eigenvalue weighted by atomic mass is 32.2. The normalized spacial score (nSPS) is 11.8. The molecule has 0 aliphatic carbocycles. The van der Waals surface area contributed by atoms with Crippen LogP contribution >= 0.6 is 0 Å². The number of sulfonamides is 1. The smallest absolute Gasteiger partial charge is 0.212 e. The summed E-state index contributed by atoms with van der Waals surface area (Å²) >= 11 is 0. The Balaban J connectivity index is 2.09. The molecule has 6 nitrogen and oxygen atoms in total. The molecule has 1 aromatic heterocycles. The van der Waals surface area contributed by atoms with Gasteiger partial charge in [-0.3, -0.25) is 4.68 Å². The van der Waals surface area contributed by atoms with E-state index in [2.05, 4.69) is 22.1 Å². The number of nitrogens with zero attached hydrogens (tertiary/aromatic N) is 2. The van der Waals surface area contributed by atoms with Crippen LogP contribution in [0, 0.1) is 0 Å². The highest BCUT2D eigenvalue weighted by Gasteiger charge is 2.08. The van der Waals surface area contributed by atoms with Crippen molar-refractivity contribution in [3.05, 3.63) is 18.5 Å². The second-order valence-electron chi connectivity index (χ2n) is 4.09. The van der Waals surface area contributed by atoms with E-state index >= 15 is 0 Å². The first-order valence-corrected chi connectivity index (χ1v) is 7.95. The van der Waals surface area contributed by atoms with Crippen molar-refractivity contribution in [1.82, 2.24) is 19.8 Å². The summed E-state index contributed by atoms with van der Waals surface area (Å²) in [5.41, 5.74) is 0. The van der Waals surface area contributed by atoms with E-state index in [-0.39, 0.29) is 5.75 Å². The highest BCUT2D eigenvalue weighted by Crippen LogP contribution is 1.90. The van der Waals surface area contributed by atoms with E-state index in [4.69, 9.17) is 0 Å². The summed E-state index contributed by atoms with van der Waals surface area (Å²) in [7, 11) is -3.15. The molecule has 1 rings (SSSR count). The van der Waals surface area contributed by atoms with E-state index < -0.39 is 10.0 Å². The van der Waals surface area contributed by atoms with Gasteiger partial charge < -0.3 is 5.32 Å². The van der Waals surface area contributed by atoms with E-state index in [0.717, 1.165) is 25.9 Å². The summed E-state index contributed by atoms with van der Waals surface area (Å²) in [6.07, 6.45) is 5.33. The molecule has 0 aliphatic heterocycles. The maximum absolute atomic E-state index is 11.6. The molecular weight excluding hydrogens is 252 g/mol. The zero-order valence-corrected chi connectivity index (χ0v) is 11.6. The van der Waals surface area contributed by atoms with Crippen LogP contribution in [0.1, 0.15) is 19.8 Å². The molecule has 0 atom stereocenters. The summed E-state index contributed by atoms with van der Waals surface area (Å²) in [5, 5.41) is 7.12. The van der Waals surface area contributed by atoms with Crippen molar-refractivity contribution >= 4 is 10.0 Å². The van der Waals surface area contributed by atoms with Gasteiger partial charge in [0, 0.05) is 32.0 Å². The Morgan fingerprint density at radius 3 is 2.78 bits per heavy atom. The van der Waals surface area contributed by atoms with E-state index in [9.17, 15) is 8.42 Å². The first kappa shape index (κ1) is 15.1. The molecule has 1 heterocycles. The van der Waals surface area contributed by atoms with Gasteiger partial charge in [0.1, 0.15) is 0 Å². The summed E-state index contributed by atoms with van der Waals surface area (Å²) in [4.78, 5) is 0. The maximum Gasteiger partial charge on any atom is 0.212 e. The van der Waals surface area contributed by atoms with Crippen LogP contribution in [0.25, 0.3) is 0 Å². The number of aromatic nitrogens is 2. The molecule has 104 valence electrons. The molecule has 0 saturated heterocycles. The lowest BCUT2D eigenvalue weighted by atomic mass is 10.4. The van der Waals surface area contributed by atoms with Gasteiger partial charge in [0.2, 0.25) is 10.0 Å². The molecule has 0 fully saturated rings. The van der Waals surface area contributed by atoms with Gasteiger partial charge in [-0.1, -0.05) is 6.92 Å². The van der Waals surface area contributed by atoms with Crippen LogP contribution in [0.2, 0.25) is 0 Å². The summed E-state index contributed by atoms with van der Waals surface area (Å²) in [6.45, 7) is 4.59. The molecule has 7 heteroatoms. The van der Waals surface area contributed by atoms with Gasteiger partial charge in [0.05, 0.1) is 5.75 Å². The van der Waals surface area contributed by atoms with Crippen LogP contribution in [0.3, 0.4) is 0 Å². The molecular formula is C11H22N4O2S. The average molecular weight is 274 g/mol. The van der Waals surface area contributed by atoms with Crippen LogP contribution in [0.4, 0.5) is 0 Å². The summed E-state index contributed by atoms with van der Waals surface area (Å²) < 4.78 is 27.5. The summed E-state index contributed by atoms with van der Waals surface area (Å²) in [6, 6.07) is 1.85. The Morgan fingerprint density at radius 2 is 2.11 bits per heavy atom. The largest absolute Gasteiger partial charge is 0.316 e. The lowest BCUT2D eigenvalue weighted by Gasteiger charge is -2.07.